The minimum absolute atomic E-state index is 0.347. The molecule has 1 atom stereocenters. The Kier molecular flexibility index (Phi) is 8.73. The van der Waals surface area contributed by atoms with E-state index in [2.05, 4.69) is 15.9 Å². The molecule has 0 amide bonds. The Hall–Kier alpha value is 0.360. The van der Waals surface area contributed by atoms with Crippen LogP contribution in [0, 0.1) is 0 Å². The van der Waals surface area contributed by atoms with Crippen LogP contribution in [0.4, 0.5) is 0 Å². The van der Waals surface area contributed by atoms with E-state index in [0.717, 1.165) is 5.33 Å². The summed E-state index contributed by atoms with van der Waals surface area (Å²) in [7, 11) is 0. The van der Waals surface area contributed by atoms with Crippen LogP contribution in [-0.2, 0) is 14.3 Å². The van der Waals surface area contributed by atoms with Crippen molar-refractivity contribution >= 4 is 33.8 Å². The van der Waals surface area contributed by atoms with Crippen LogP contribution in [-0.4, -0.2) is 37.0 Å². The van der Waals surface area contributed by atoms with E-state index in [4.69, 9.17) is 21.1 Å². The number of hydrogen-bond donors (Lipinski definition) is 0. The van der Waals surface area contributed by atoms with Gasteiger partial charge in [0, 0.05) is 5.33 Å². The van der Waals surface area contributed by atoms with Crippen LogP contribution in [0.5, 0.6) is 0 Å². The van der Waals surface area contributed by atoms with Crippen molar-refractivity contribution in [3.63, 3.8) is 0 Å². The molecule has 0 bridgehead atoms. The number of hydrogen-bond acceptors (Lipinski definition) is 3. The van der Waals surface area contributed by atoms with Crippen molar-refractivity contribution in [3.8, 4) is 0 Å². The number of carbonyl (C=O) groups is 1. The second-order valence-corrected chi connectivity index (χ2v) is 2.88. The number of alkyl halides is 2. The molecule has 11 heavy (non-hydrogen) atoms. The molecular weight excluding hydrogens is 235 g/mol. The predicted octanol–water partition coefficient (Wildman–Crippen LogP) is 1.18. The largest absolute Gasteiger partial charge is 0.378 e. The topological polar surface area (TPSA) is 35.5 Å². The fourth-order valence-corrected chi connectivity index (χ4v) is 0.734. The molecule has 0 aliphatic heterocycles. The average Bonchev–Trinajstić information content (AvgIpc) is 2.04. The second kappa shape index (κ2) is 8.46. The van der Waals surface area contributed by atoms with Crippen molar-refractivity contribution < 1.29 is 14.3 Å². The van der Waals surface area contributed by atoms with Crippen molar-refractivity contribution in [2.24, 2.45) is 0 Å². The lowest BCUT2D eigenvalue weighted by atomic mass is 10.7. The highest BCUT2D eigenvalue weighted by atomic mass is 79.9. The van der Waals surface area contributed by atoms with Gasteiger partial charge >= 0.3 is 0 Å². The van der Waals surface area contributed by atoms with E-state index < -0.39 is 5.56 Å². The van der Waals surface area contributed by atoms with Gasteiger partial charge in [0.15, 0.2) is 11.8 Å². The predicted molar refractivity (Wildman–Crippen MR) is 46.3 cm³/mol. The maximum absolute atomic E-state index is 9.92. The number of halogens is 2. The monoisotopic (exact) mass is 244 g/mol. The van der Waals surface area contributed by atoms with Crippen molar-refractivity contribution in [3.05, 3.63) is 0 Å². The summed E-state index contributed by atoms with van der Waals surface area (Å²) in [6, 6.07) is 0. The zero-order chi connectivity index (χ0) is 8.53. The third kappa shape index (κ3) is 8.26. The molecule has 0 saturated heterocycles. The number of ether oxygens (including phenoxy) is 2. The van der Waals surface area contributed by atoms with Gasteiger partial charge in [-0.05, 0) is 0 Å². The van der Waals surface area contributed by atoms with Gasteiger partial charge < -0.3 is 9.47 Å². The molecule has 0 aromatic rings. The van der Waals surface area contributed by atoms with Gasteiger partial charge in [-0.15, -0.1) is 0 Å². The fraction of sp³-hybridized carbons (Fsp3) is 0.833. The summed E-state index contributed by atoms with van der Waals surface area (Å²) in [6.07, 6.45) is 0.534. The minimum atomic E-state index is -0.845. The first kappa shape index (κ1) is 11.4. The second-order valence-electron chi connectivity index (χ2n) is 1.66. The standard InChI is InChI=1S/C6H10BrClO3/c7-1-2-10-3-4-11-6(8)5-9/h5-6H,1-4H2. The lowest BCUT2D eigenvalue weighted by Gasteiger charge is -2.04. The molecule has 0 N–H and O–H groups in total. The van der Waals surface area contributed by atoms with E-state index in [1.165, 1.54) is 0 Å². The Morgan fingerprint density at radius 1 is 1.45 bits per heavy atom. The lowest BCUT2D eigenvalue weighted by molar-refractivity contribution is -0.114. The zero-order valence-corrected chi connectivity index (χ0v) is 8.31. The molecule has 0 aromatic carbocycles. The molecule has 1 unspecified atom stereocenters. The van der Waals surface area contributed by atoms with Gasteiger partial charge in [-0.1, -0.05) is 27.5 Å². The first-order valence-corrected chi connectivity index (χ1v) is 4.71. The Labute approximate surface area is 79.1 Å². The Morgan fingerprint density at radius 2 is 2.18 bits per heavy atom. The smallest absolute Gasteiger partial charge is 0.186 e. The molecule has 0 radical (unpaired) electrons. The van der Waals surface area contributed by atoms with Crippen LogP contribution >= 0.6 is 27.5 Å². The molecule has 3 nitrogen and oxygen atoms in total. The van der Waals surface area contributed by atoms with Crippen LogP contribution in [0.2, 0.25) is 0 Å². The quantitative estimate of drug-likeness (QED) is 0.384. The molecule has 66 valence electrons. The van der Waals surface area contributed by atoms with Crippen LogP contribution < -0.4 is 0 Å². The minimum Gasteiger partial charge on any atom is -0.378 e. The summed E-state index contributed by atoms with van der Waals surface area (Å²) >= 11 is 8.52. The molecule has 0 rings (SSSR count). The van der Waals surface area contributed by atoms with Gasteiger partial charge in [0.2, 0.25) is 0 Å². The summed E-state index contributed by atoms with van der Waals surface area (Å²) in [5.74, 6) is 0. The third-order valence-electron chi connectivity index (χ3n) is 0.833. The highest BCUT2D eigenvalue weighted by molar-refractivity contribution is 9.09. The summed E-state index contributed by atoms with van der Waals surface area (Å²) in [6.45, 7) is 1.44. The van der Waals surface area contributed by atoms with Crippen molar-refractivity contribution in [2.45, 2.75) is 5.56 Å². The normalized spacial score (nSPS) is 12.9. The van der Waals surface area contributed by atoms with Crippen LogP contribution in [0.15, 0.2) is 0 Å². The van der Waals surface area contributed by atoms with Gasteiger partial charge in [0.25, 0.3) is 0 Å². The SMILES string of the molecule is O=CC(Cl)OCCOCCBr. The summed E-state index contributed by atoms with van der Waals surface area (Å²) < 4.78 is 9.83. The zero-order valence-electron chi connectivity index (χ0n) is 5.96. The maximum atomic E-state index is 9.92. The maximum Gasteiger partial charge on any atom is 0.186 e. The van der Waals surface area contributed by atoms with E-state index in [9.17, 15) is 4.79 Å². The molecule has 0 saturated carbocycles. The Bertz CT molecular complexity index is 102. The van der Waals surface area contributed by atoms with Gasteiger partial charge in [0.1, 0.15) is 0 Å². The molecule has 0 aliphatic carbocycles. The lowest BCUT2D eigenvalue weighted by Crippen LogP contribution is -2.12. The van der Waals surface area contributed by atoms with Gasteiger partial charge in [-0.25, -0.2) is 0 Å². The summed E-state index contributed by atoms with van der Waals surface area (Å²) in [4.78, 5) is 9.92. The Morgan fingerprint density at radius 3 is 2.73 bits per heavy atom. The van der Waals surface area contributed by atoms with Crippen LogP contribution in [0.25, 0.3) is 0 Å². The van der Waals surface area contributed by atoms with E-state index >= 15 is 0 Å². The van der Waals surface area contributed by atoms with Gasteiger partial charge in [-0.3, -0.25) is 4.79 Å². The number of carbonyl (C=O) groups excluding carboxylic acids is 1. The molecule has 0 heterocycles. The first-order chi connectivity index (χ1) is 5.31. The molecule has 5 heteroatoms. The van der Waals surface area contributed by atoms with E-state index in [1.807, 2.05) is 0 Å². The summed E-state index contributed by atoms with van der Waals surface area (Å²) in [5.41, 5.74) is -0.845. The number of aldehydes is 1. The van der Waals surface area contributed by atoms with Crippen LogP contribution in [0.3, 0.4) is 0 Å². The molecule has 0 spiro atoms. The van der Waals surface area contributed by atoms with E-state index in [1.54, 1.807) is 0 Å². The van der Waals surface area contributed by atoms with Crippen molar-refractivity contribution in [2.75, 3.05) is 25.2 Å². The van der Waals surface area contributed by atoms with Gasteiger partial charge in [0.05, 0.1) is 19.8 Å². The van der Waals surface area contributed by atoms with Crippen molar-refractivity contribution in [1.82, 2.24) is 0 Å². The Balaban J connectivity index is 2.95. The molecule has 0 aromatic heterocycles. The number of rotatable bonds is 7. The molecule has 0 fully saturated rings. The average molecular weight is 245 g/mol. The highest BCUT2D eigenvalue weighted by Crippen LogP contribution is 1.93. The van der Waals surface area contributed by atoms with E-state index in [-0.39, 0.29) is 0 Å². The molecular formula is C6H10BrClO3. The van der Waals surface area contributed by atoms with Gasteiger partial charge in [-0.2, -0.15) is 0 Å². The first-order valence-electron chi connectivity index (χ1n) is 3.16. The van der Waals surface area contributed by atoms with E-state index in [0.29, 0.717) is 26.1 Å². The molecule has 0 aliphatic rings. The fourth-order valence-electron chi connectivity index (χ4n) is 0.416. The van der Waals surface area contributed by atoms with Crippen LogP contribution in [0.1, 0.15) is 0 Å². The highest BCUT2D eigenvalue weighted by Gasteiger charge is 1.99. The summed E-state index contributed by atoms with van der Waals surface area (Å²) in [5, 5.41) is 0.797. The van der Waals surface area contributed by atoms with Crippen molar-refractivity contribution in [1.29, 1.82) is 0 Å². The third-order valence-corrected chi connectivity index (χ3v) is 1.39.